The van der Waals surface area contributed by atoms with Crippen LogP contribution in [0.15, 0.2) is 35.9 Å². The molecular weight excluding hydrogens is 1160 g/mol. The number of nitrogens with zero attached hydrogens (tertiary/aromatic N) is 2. The molecule has 5 amide bonds. The summed E-state index contributed by atoms with van der Waals surface area (Å²) in [6.45, 7) is 15.0. The van der Waals surface area contributed by atoms with E-state index >= 15 is 0 Å². The van der Waals surface area contributed by atoms with Gasteiger partial charge >= 0.3 is 18.0 Å². The molecule has 3 fully saturated rings. The number of thioether (sulfide) groups is 1. The predicted octanol–water partition coefficient (Wildman–Crippen LogP) is 7.94. The molecule has 0 aromatic heterocycles. The van der Waals surface area contributed by atoms with E-state index in [0.717, 1.165) is 41.3 Å². The van der Waals surface area contributed by atoms with Crippen molar-refractivity contribution in [3.05, 3.63) is 52.1 Å². The summed E-state index contributed by atoms with van der Waals surface area (Å²) < 4.78 is 23.7. The molecule has 2 saturated heterocycles. The number of carbonyl (C=O) groups is 10. The number of likely N-dealkylation sites (N-methyl/N-ethyl adjacent to an activating group) is 1. The minimum absolute atomic E-state index is 0.00415. The number of epoxide rings is 1. The average molecular weight is 1260 g/mol. The molecule has 0 spiro atoms. The Hall–Kier alpha value is -5.68. The first kappa shape index (κ1) is 72.1. The fourth-order valence-electron chi connectivity index (χ4n) is 11.6. The molecule has 1 saturated carbocycles. The van der Waals surface area contributed by atoms with Crippen molar-refractivity contribution in [1.82, 2.24) is 20.9 Å². The Morgan fingerprint density at radius 1 is 0.977 bits per heavy atom. The van der Waals surface area contributed by atoms with Gasteiger partial charge in [0.15, 0.2) is 0 Å². The number of ketones is 3. The Morgan fingerprint density at radius 3 is 2.37 bits per heavy atom. The second-order valence-corrected chi connectivity index (χ2v) is 26.2. The van der Waals surface area contributed by atoms with Crippen LogP contribution in [0.5, 0.6) is 0 Å². The van der Waals surface area contributed by atoms with Crippen molar-refractivity contribution in [3.8, 4) is 0 Å². The van der Waals surface area contributed by atoms with E-state index in [1.807, 2.05) is 38.1 Å². The number of carboxylic acids is 1. The van der Waals surface area contributed by atoms with Gasteiger partial charge in [-0.25, -0.2) is 9.59 Å². The number of aliphatic carboxylic acids is 1. The third-order valence-corrected chi connectivity index (χ3v) is 19.5. The van der Waals surface area contributed by atoms with Crippen molar-refractivity contribution < 1.29 is 77.1 Å². The molecule has 1 aromatic rings. The molecule has 87 heavy (non-hydrogen) atoms. The zero-order chi connectivity index (χ0) is 64.3. The summed E-state index contributed by atoms with van der Waals surface area (Å²) in [5, 5.41) is 29.1. The van der Waals surface area contributed by atoms with E-state index in [2.05, 4.69) is 16.0 Å². The number of amides is 5. The zero-order valence-corrected chi connectivity index (χ0v) is 54.1. The summed E-state index contributed by atoms with van der Waals surface area (Å²) in [5.41, 5.74) is 0.0887. The lowest BCUT2D eigenvalue weighted by molar-refractivity contribution is -0.162. The van der Waals surface area contributed by atoms with Crippen LogP contribution in [-0.4, -0.2) is 161 Å². The molecular formula is C64H94ClN5O16S. The fourth-order valence-corrected chi connectivity index (χ4v) is 12.9. The lowest BCUT2D eigenvalue weighted by atomic mass is 9.79. The second kappa shape index (κ2) is 33.8. The van der Waals surface area contributed by atoms with Gasteiger partial charge in [-0.15, -0.1) is 11.8 Å². The first-order valence-corrected chi connectivity index (χ1v) is 32.2. The van der Waals surface area contributed by atoms with Crippen LogP contribution in [0.3, 0.4) is 0 Å². The minimum atomic E-state index is -1.67. The number of hydrogen-bond donors (Lipinski definition) is 5. The Balaban J connectivity index is 1.10. The van der Waals surface area contributed by atoms with Gasteiger partial charge in [0.25, 0.3) is 0 Å². The van der Waals surface area contributed by atoms with Gasteiger partial charge in [0.05, 0.1) is 48.1 Å². The molecule has 1 aromatic carbocycles. The van der Waals surface area contributed by atoms with E-state index in [9.17, 15) is 58.2 Å². The summed E-state index contributed by atoms with van der Waals surface area (Å²) in [6.07, 6.45) is 8.14. The van der Waals surface area contributed by atoms with Crippen molar-refractivity contribution in [2.45, 2.75) is 205 Å². The first-order valence-electron chi connectivity index (χ1n) is 30.8. The number of ether oxygens (including phenoxy) is 4. The second-order valence-electron chi connectivity index (χ2n) is 24.5. The number of Topliss-reactive ketones (excluding diaryl/α,β-unsaturated/α-hetero) is 3. The molecule has 21 nitrogen and oxygen atoms in total. The van der Waals surface area contributed by atoms with Gasteiger partial charge < -0.3 is 49.6 Å². The standard InChI is InChI=1S/C64H94ClN5O16S/c1-11-54(74)66-26-28-83-27-24-48(72)33-47(43(7)71)18-13-12-14-19-50(73)46-22-20-44(21-23-46)37-67-60(79)52(34-57(77)78)87-29-25-55(75)69(9)42(6)61(80)85-53-35-56(76)70(10)49-32-45(31-39(3)58(49)65)30-38(2)16-15-17-40(4)64(82)36-51(84-62(81)68-64)41(5)59-63(53,8)86-59/h15-17,31-32,40-42,44,46-47,51-53,59,82H,11-14,18-30,33-37H2,1-10H3,(H,66,74)(H,67,79)(H,68,81)(H,77,78)/b17-15+,38-16+/t40-,41+,42-,44?,46?,47?,51?,52?,53+,59-,63-,64-/m0/s1. The van der Waals surface area contributed by atoms with Gasteiger partial charge in [-0.05, 0) is 103 Å². The number of benzene rings is 1. The smallest absolute Gasteiger partial charge is 0.409 e. The molecule has 10 atom stereocenters. The van der Waals surface area contributed by atoms with Crippen LogP contribution in [-0.2, 0) is 68.5 Å². The van der Waals surface area contributed by atoms with Gasteiger partial charge in [-0.2, -0.15) is 0 Å². The molecule has 5 N–H and O–H groups in total. The normalized spacial score (nSPS) is 26.9. The number of aliphatic hydroxyl groups is 1. The van der Waals surface area contributed by atoms with Crippen LogP contribution in [0.4, 0.5) is 10.5 Å². The van der Waals surface area contributed by atoms with Crippen molar-refractivity contribution in [2.24, 2.45) is 29.6 Å². The van der Waals surface area contributed by atoms with Gasteiger partial charge in [-0.1, -0.05) is 75.1 Å². The number of esters is 1. The maximum absolute atomic E-state index is 14.4. The summed E-state index contributed by atoms with van der Waals surface area (Å²) >= 11 is 7.86. The highest BCUT2D eigenvalue weighted by atomic mass is 35.5. The number of alkyl carbamates (subject to hydrolysis) is 1. The molecule has 3 heterocycles. The summed E-state index contributed by atoms with van der Waals surface area (Å²) in [5.74, 6) is -4.82. The first-order chi connectivity index (χ1) is 41.1. The number of aryl methyl sites for hydroxylation is 1. The molecule has 3 aliphatic heterocycles. The van der Waals surface area contributed by atoms with Crippen LogP contribution in [0, 0.1) is 36.5 Å². The molecule has 4 aliphatic rings. The number of fused-ring (bicyclic) bond motifs is 5. The summed E-state index contributed by atoms with van der Waals surface area (Å²) in [4.78, 5) is 133. The maximum atomic E-state index is 14.4. The topological polar surface area (TPSA) is 294 Å². The lowest BCUT2D eigenvalue weighted by Gasteiger charge is -2.41. The summed E-state index contributed by atoms with van der Waals surface area (Å²) in [7, 11) is 3.01. The minimum Gasteiger partial charge on any atom is -0.481 e. The van der Waals surface area contributed by atoms with Crippen LogP contribution in [0.1, 0.15) is 162 Å². The number of nitrogens with one attached hydrogen (secondary N) is 3. The fraction of sp³-hybridized carbons (Fsp3) is 0.688. The van der Waals surface area contributed by atoms with Crippen LogP contribution < -0.4 is 20.9 Å². The van der Waals surface area contributed by atoms with E-state index in [-0.39, 0.29) is 85.5 Å². The van der Waals surface area contributed by atoms with Crippen molar-refractivity contribution >= 4 is 88.1 Å². The zero-order valence-electron chi connectivity index (χ0n) is 52.5. The maximum Gasteiger partial charge on any atom is 0.409 e. The molecule has 0 radical (unpaired) electrons. The van der Waals surface area contributed by atoms with Crippen molar-refractivity contribution in [3.63, 3.8) is 0 Å². The number of allylic oxidation sites excluding steroid dienone is 3. The highest BCUT2D eigenvalue weighted by molar-refractivity contribution is 8.00. The predicted molar refractivity (Wildman–Crippen MR) is 330 cm³/mol. The Kier molecular flexibility index (Phi) is 28.0. The lowest BCUT2D eigenvalue weighted by Crippen LogP contribution is -2.60. The average Bonchev–Trinajstić information content (AvgIpc) is 1.82. The van der Waals surface area contributed by atoms with Gasteiger partial charge in [0, 0.05) is 95.1 Å². The number of anilines is 1. The highest BCUT2D eigenvalue weighted by Crippen LogP contribution is 2.49. The summed E-state index contributed by atoms with van der Waals surface area (Å²) in [6, 6.07) is 2.60. The van der Waals surface area contributed by atoms with Crippen LogP contribution in [0.25, 0.3) is 0 Å². The molecule has 23 heteroatoms. The third kappa shape index (κ3) is 21.5. The van der Waals surface area contributed by atoms with Gasteiger partial charge in [-0.3, -0.25) is 43.7 Å². The number of carboxylic acid groups (broad SMARTS) is 1. The largest absolute Gasteiger partial charge is 0.481 e. The van der Waals surface area contributed by atoms with Crippen molar-refractivity contribution in [1.29, 1.82) is 0 Å². The van der Waals surface area contributed by atoms with E-state index in [0.29, 0.717) is 88.2 Å². The van der Waals surface area contributed by atoms with E-state index in [1.54, 1.807) is 40.8 Å². The third-order valence-electron chi connectivity index (χ3n) is 17.8. The Bertz CT molecular complexity index is 2700. The Morgan fingerprint density at radius 2 is 1.69 bits per heavy atom. The number of unbranched alkanes of at least 4 members (excludes halogenated alkanes) is 2. The quantitative estimate of drug-likeness (QED) is 0.0289. The van der Waals surface area contributed by atoms with E-state index < -0.39 is 94.9 Å². The number of carbonyl (C=O) groups excluding carboxylic acids is 9. The molecule has 1 aliphatic carbocycles. The van der Waals surface area contributed by atoms with Crippen LogP contribution in [0.2, 0.25) is 5.02 Å². The molecule has 5 rings (SSSR count). The number of hydrogen-bond acceptors (Lipinski definition) is 16. The van der Waals surface area contributed by atoms with E-state index in [4.69, 9.17) is 30.5 Å². The van der Waals surface area contributed by atoms with Crippen molar-refractivity contribution in [2.75, 3.05) is 51.1 Å². The van der Waals surface area contributed by atoms with E-state index in [1.165, 1.54) is 30.7 Å². The Labute approximate surface area is 521 Å². The van der Waals surface area contributed by atoms with Crippen LogP contribution >= 0.6 is 23.4 Å². The molecule has 3 unspecified atom stereocenters. The monoisotopic (exact) mass is 1260 g/mol. The SMILES string of the molecule is CCC(=O)NCCOCCC(=O)CC(CCCCCC(=O)C1CCC(CNC(=O)C(CC(=O)O)SCCC(=O)N(C)[C@@H](C)C(=O)O[C@@H]2CC(=O)N(C)c3cc(cc(C)c3Cl)C/C(C)=C/C=C/[C@H](C)[C@@]3(O)CC(OC(=O)N3)[C@@H](C)[C@@H]3O[C@@]23C)CC1)C(C)=O. The van der Waals surface area contributed by atoms with Gasteiger partial charge in [0.1, 0.15) is 46.9 Å². The molecule has 4 bridgehead atoms. The number of halogens is 1. The highest BCUT2D eigenvalue weighted by Gasteiger charge is 2.64. The molecule has 484 valence electrons. The number of rotatable bonds is 29. The van der Waals surface area contributed by atoms with Gasteiger partial charge in [0.2, 0.25) is 23.6 Å².